The number of hydrogen-bond acceptors (Lipinski definition) is 12. The molecule has 0 radical (unpaired) electrons. The molecule has 0 saturated heterocycles. The maximum absolute atomic E-state index is 12.7. The SMILES string of the molecule is CC(C)(C)OC(=O)NC(=NCCCOc1ccc([N+](=O)[O-])cc1)NC(=O)CCCCCCCN=C(NC(=O)OC(C)(C)C)NC(=O)OC(C)(C)C. The molecule has 17 nitrogen and oxygen atoms in total. The van der Waals surface area contributed by atoms with Crippen LogP contribution in [0.4, 0.5) is 20.1 Å². The van der Waals surface area contributed by atoms with Crippen LogP contribution in [-0.4, -0.2) is 77.5 Å². The Hall–Kier alpha value is -4.96. The Labute approximate surface area is 299 Å². The first-order chi connectivity index (χ1) is 23.6. The summed E-state index contributed by atoms with van der Waals surface area (Å²) in [4.78, 5) is 68.4. The molecule has 0 heterocycles. The molecular weight excluding hydrogens is 666 g/mol. The summed E-state index contributed by atoms with van der Waals surface area (Å²) in [6.45, 7) is 16.2. The van der Waals surface area contributed by atoms with Crippen molar-refractivity contribution in [3.05, 3.63) is 34.4 Å². The smallest absolute Gasteiger partial charge is 0.414 e. The lowest BCUT2D eigenvalue weighted by Crippen LogP contribution is -2.47. The number of benzene rings is 1. The number of aliphatic imine (C=N–C) groups is 2. The highest BCUT2D eigenvalue weighted by Gasteiger charge is 2.21. The van der Waals surface area contributed by atoms with Crippen LogP contribution in [0.25, 0.3) is 0 Å². The summed E-state index contributed by atoms with van der Waals surface area (Å²) in [5.74, 6) is 0.0124. The van der Waals surface area contributed by atoms with E-state index in [4.69, 9.17) is 18.9 Å². The number of rotatable bonds is 14. The van der Waals surface area contributed by atoms with E-state index in [1.807, 2.05) is 0 Å². The van der Waals surface area contributed by atoms with Gasteiger partial charge in [-0.1, -0.05) is 19.3 Å². The first kappa shape index (κ1) is 44.1. The number of nitrogens with one attached hydrogen (secondary N) is 4. The lowest BCUT2D eigenvalue weighted by molar-refractivity contribution is -0.384. The van der Waals surface area contributed by atoms with Gasteiger partial charge in [-0.2, -0.15) is 0 Å². The van der Waals surface area contributed by atoms with Gasteiger partial charge in [0.15, 0.2) is 0 Å². The predicted molar refractivity (Wildman–Crippen MR) is 192 cm³/mol. The third-order valence-corrected chi connectivity index (χ3v) is 5.84. The Morgan fingerprint density at radius 2 is 1.04 bits per heavy atom. The largest absolute Gasteiger partial charge is 0.494 e. The molecule has 4 amide bonds. The van der Waals surface area contributed by atoms with E-state index in [0.717, 1.165) is 19.3 Å². The van der Waals surface area contributed by atoms with Crippen molar-refractivity contribution in [3.63, 3.8) is 0 Å². The lowest BCUT2D eigenvalue weighted by Gasteiger charge is -2.22. The summed E-state index contributed by atoms with van der Waals surface area (Å²) in [6, 6.07) is 5.69. The molecule has 0 aliphatic heterocycles. The van der Waals surface area contributed by atoms with Crippen LogP contribution in [-0.2, 0) is 19.0 Å². The molecule has 4 N–H and O–H groups in total. The van der Waals surface area contributed by atoms with Gasteiger partial charge < -0.3 is 18.9 Å². The Bertz CT molecular complexity index is 1330. The van der Waals surface area contributed by atoms with Crippen LogP contribution in [0.15, 0.2) is 34.3 Å². The summed E-state index contributed by atoms with van der Waals surface area (Å²) in [5.41, 5.74) is -2.28. The van der Waals surface area contributed by atoms with Crippen LogP contribution in [0.3, 0.4) is 0 Å². The zero-order valence-corrected chi connectivity index (χ0v) is 31.3. The molecule has 0 saturated carbocycles. The molecule has 0 atom stereocenters. The Balaban J connectivity index is 2.57. The van der Waals surface area contributed by atoms with E-state index >= 15 is 0 Å². The van der Waals surface area contributed by atoms with Gasteiger partial charge in [0.25, 0.3) is 5.69 Å². The van der Waals surface area contributed by atoms with Gasteiger partial charge in [-0.05, 0) is 87.3 Å². The topological polar surface area (TPSA) is 221 Å². The molecule has 0 fully saturated rings. The van der Waals surface area contributed by atoms with Gasteiger partial charge in [0, 0.05) is 38.1 Å². The van der Waals surface area contributed by atoms with E-state index in [1.54, 1.807) is 62.3 Å². The summed E-state index contributed by atoms with van der Waals surface area (Å²) >= 11 is 0. The average molecular weight is 722 g/mol. The highest BCUT2D eigenvalue weighted by atomic mass is 16.6. The van der Waals surface area contributed by atoms with Crippen molar-refractivity contribution in [2.45, 2.75) is 124 Å². The fourth-order valence-electron chi connectivity index (χ4n) is 3.84. The second-order valence-corrected chi connectivity index (χ2v) is 14.4. The molecule has 17 heteroatoms. The highest BCUT2D eigenvalue weighted by Crippen LogP contribution is 2.17. The third kappa shape index (κ3) is 23.9. The van der Waals surface area contributed by atoms with E-state index in [2.05, 4.69) is 31.3 Å². The van der Waals surface area contributed by atoms with Crippen LogP contribution < -0.4 is 26.0 Å². The maximum atomic E-state index is 12.7. The lowest BCUT2D eigenvalue weighted by atomic mass is 10.1. The van der Waals surface area contributed by atoms with E-state index < -0.39 is 40.0 Å². The van der Waals surface area contributed by atoms with Crippen molar-refractivity contribution in [3.8, 4) is 5.75 Å². The number of hydrogen-bond donors (Lipinski definition) is 4. The number of nitrogens with zero attached hydrogens (tertiary/aromatic N) is 3. The van der Waals surface area contributed by atoms with E-state index in [1.165, 1.54) is 24.3 Å². The molecule has 0 unspecified atom stereocenters. The highest BCUT2D eigenvalue weighted by molar-refractivity contribution is 6.03. The fourth-order valence-corrected chi connectivity index (χ4v) is 3.84. The number of unbranched alkanes of at least 4 members (excludes halogenated alkanes) is 4. The Morgan fingerprint density at radius 3 is 1.49 bits per heavy atom. The minimum atomic E-state index is -0.767. The van der Waals surface area contributed by atoms with Gasteiger partial charge >= 0.3 is 18.3 Å². The van der Waals surface area contributed by atoms with Crippen molar-refractivity contribution in [2.75, 3.05) is 19.7 Å². The summed E-state index contributed by atoms with van der Waals surface area (Å²) in [6.07, 6.45) is 1.92. The molecule has 0 bridgehead atoms. The zero-order chi connectivity index (χ0) is 38.7. The predicted octanol–water partition coefficient (Wildman–Crippen LogP) is 6.11. The second kappa shape index (κ2) is 21.3. The molecule has 286 valence electrons. The fraction of sp³-hybridized carbons (Fsp3) is 0.647. The molecular formula is C34H55N7O10. The van der Waals surface area contributed by atoms with Gasteiger partial charge in [0.2, 0.25) is 17.8 Å². The summed E-state index contributed by atoms with van der Waals surface area (Å²) in [5, 5.41) is 20.8. The Kier molecular flexibility index (Phi) is 18.4. The van der Waals surface area contributed by atoms with Gasteiger partial charge in [-0.15, -0.1) is 0 Å². The first-order valence-corrected chi connectivity index (χ1v) is 16.9. The van der Waals surface area contributed by atoms with Gasteiger partial charge in [0.1, 0.15) is 22.6 Å². The molecule has 1 aromatic carbocycles. The van der Waals surface area contributed by atoms with Crippen molar-refractivity contribution in [1.82, 2.24) is 21.3 Å². The van der Waals surface area contributed by atoms with Crippen molar-refractivity contribution >= 4 is 41.8 Å². The summed E-state index contributed by atoms with van der Waals surface area (Å²) in [7, 11) is 0. The van der Waals surface area contributed by atoms with Crippen LogP contribution in [0.1, 0.15) is 107 Å². The van der Waals surface area contributed by atoms with E-state index in [0.29, 0.717) is 31.6 Å². The van der Waals surface area contributed by atoms with Gasteiger partial charge in [0.05, 0.1) is 11.5 Å². The molecule has 1 aromatic rings. The third-order valence-electron chi connectivity index (χ3n) is 5.84. The maximum Gasteiger partial charge on any atom is 0.414 e. The molecule has 0 spiro atoms. The second-order valence-electron chi connectivity index (χ2n) is 14.4. The molecule has 0 aliphatic carbocycles. The van der Waals surface area contributed by atoms with Crippen molar-refractivity contribution in [1.29, 1.82) is 0 Å². The average Bonchev–Trinajstić information content (AvgIpc) is 2.95. The molecule has 51 heavy (non-hydrogen) atoms. The van der Waals surface area contributed by atoms with Crippen molar-refractivity contribution < 1.29 is 43.0 Å². The van der Waals surface area contributed by atoms with Crippen LogP contribution in [0, 0.1) is 10.1 Å². The standard InChI is InChI=1S/C34H55N7O10/c1-32(2,3)49-29(43)38-27(36-22-15-23-48-25-19-17-24(18-20-25)41(46)47)37-26(42)16-13-11-10-12-14-21-35-28(39-30(44)50-33(4,5)6)40-31(45)51-34(7,8)9/h17-20H,10-16,21-23H2,1-9H3,(H2,35,39,40,44,45)(H2,36,37,38,42,43). The number of nitro groups is 1. The number of carbonyl (C=O) groups is 4. The molecule has 0 aromatic heterocycles. The first-order valence-electron chi connectivity index (χ1n) is 16.9. The monoisotopic (exact) mass is 721 g/mol. The molecule has 1 rings (SSSR count). The van der Waals surface area contributed by atoms with Crippen molar-refractivity contribution in [2.24, 2.45) is 9.98 Å². The number of guanidine groups is 2. The van der Waals surface area contributed by atoms with Crippen LogP contribution >= 0.6 is 0 Å². The number of carbonyl (C=O) groups excluding carboxylic acids is 4. The number of ether oxygens (including phenoxy) is 4. The van der Waals surface area contributed by atoms with Crippen LogP contribution in [0.5, 0.6) is 5.75 Å². The number of alkyl carbamates (subject to hydrolysis) is 3. The zero-order valence-electron chi connectivity index (χ0n) is 31.3. The molecule has 0 aliphatic rings. The van der Waals surface area contributed by atoms with E-state index in [9.17, 15) is 29.3 Å². The van der Waals surface area contributed by atoms with Gasteiger partial charge in [-0.25, -0.2) is 14.4 Å². The number of non-ortho nitro benzene ring substituents is 1. The summed E-state index contributed by atoms with van der Waals surface area (Å²) < 4.78 is 21.4. The minimum absolute atomic E-state index is 0.0403. The van der Waals surface area contributed by atoms with Gasteiger partial charge in [-0.3, -0.25) is 46.2 Å². The quantitative estimate of drug-likeness (QED) is 0.0431. The minimum Gasteiger partial charge on any atom is -0.494 e. The normalized spacial score (nSPS) is 11.8. The Morgan fingerprint density at radius 1 is 0.627 bits per heavy atom. The number of amides is 4. The number of nitro benzene ring substituents is 1. The van der Waals surface area contributed by atoms with Crippen LogP contribution in [0.2, 0.25) is 0 Å². The van der Waals surface area contributed by atoms with E-state index in [-0.39, 0.29) is 43.1 Å².